The first kappa shape index (κ1) is 18.4. The van der Waals surface area contributed by atoms with Gasteiger partial charge in [-0.1, -0.05) is 29.9 Å². The fraction of sp³-hybridized carbons (Fsp3) is 0.0625. The molecule has 3 rings (SSSR count). The third-order valence-electron chi connectivity index (χ3n) is 3.02. The van der Waals surface area contributed by atoms with Crippen LogP contribution in [0.5, 0.6) is 0 Å². The maximum atomic E-state index is 10.9. The van der Waals surface area contributed by atoms with Crippen LogP contribution in [0.2, 0.25) is 0 Å². The summed E-state index contributed by atoms with van der Waals surface area (Å²) in [6.07, 6.45) is 9.50. The minimum Gasteiger partial charge on any atom is -0.266 e. The number of benzene rings is 1. The second-order valence-corrected chi connectivity index (χ2v) is 4.48. The Hall–Kier alpha value is -2.63. The molecular weight excluding hydrogens is 340 g/mol. The molecule has 0 amide bonds. The quantitative estimate of drug-likeness (QED) is 0.354. The van der Waals surface area contributed by atoms with E-state index < -0.39 is 9.85 Å². The SMILES string of the molecule is C1=CCC=C1.O=[N+]([O-])c1ccc(-[c-]2cccc2)c([N+](=O)[O-])c1.[Fe+2]. The van der Waals surface area contributed by atoms with Gasteiger partial charge < -0.3 is 0 Å². The van der Waals surface area contributed by atoms with E-state index in [4.69, 9.17) is 0 Å². The predicted molar refractivity (Wildman–Crippen MR) is 83.7 cm³/mol. The number of nitro benzene ring substituents is 2. The summed E-state index contributed by atoms with van der Waals surface area (Å²) in [6.45, 7) is 0. The zero-order chi connectivity index (χ0) is 15.9. The van der Waals surface area contributed by atoms with Gasteiger partial charge in [-0.2, -0.15) is 12.1 Å². The second-order valence-electron chi connectivity index (χ2n) is 4.48. The van der Waals surface area contributed by atoms with E-state index in [-0.39, 0.29) is 28.4 Å². The molecule has 0 heterocycles. The Morgan fingerprint density at radius 1 is 0.957 bits per heavy atom. The fourth-order valence-corrected chi connectivity index (χ4v) is 1.98. The number of allylic oxidation sites excluding steroid dienone is 4. The first-order valence-corrected chi connectivity index (χ1v) is 6.56. The van der Waals surface area contributed by atoms with Crippen molar-refractivity contribution in [3.8, 4) is 11.1 Å². The molecule has 0 bridgehead atoms. The van der Waals surface area contributed by atoms with Crippen molar-refractivity contribution in [3.05, 3.63) is 87.0 Å². The molecule has 0 saturated heterocycles. The van der Waals surface area contributed by atoms with Crippen LogP contribution in [0.4, 0.5) is 11.4 Å². The van der Waals surface area contributed by atoms with Crippen molar-refractivity contribution in [1.29, 1.82) is 0 Å². The molecule has 0 atom stereocenters. The molecule has 7 heteroatoms. The van der Waals surface area contributed by atoms with Crippen LogP contribution < -0.4 is 0 Å². The minimum absolute atomic E-state index is 0. The van der Waals surface area contributed by atoms with E-state index in [1.165, 1.54) is 12.1 Å². The van der Waals surface area contributed by atoms with Gasteiger partial charge in [-0.15, -0.1) is 18.2 Å². The van der Waals surface area contributed by atoms with Crippen LogP contribution in [-0.2, 0) is 17.1 Å². The Kier molecular flexibility index (Phi) is 6.99. The molecule has 1 aliphatic carbocycles. The van der Waals surface area contributed by atoms with Gasteiger partial charge in [-0.25, -0.2) is 0 Å². The molecule has 2 aromatic carbocycles. The third kappa shape index (κ3) is 4.95. The summed E-state index contributed by atoms with van der Waals surface area (Å²) in [5, 5.41) is 21.4. The van der Waals surface area contributed by atoms with Crippen molar-refractivity contribution in [1.82, 2.24) is 0 Å². The van der Waals surface area contributed by atoms with Crippen LogP contribution in [-0.4, -0.2) is 9.85 Å². The third-order valence-corrected chi connectivity index (χ3v) is 3.02. The molecule has 0 fully saturated rings. The molecule has 0 N–H and O–H groups in total. The molecular formula is C16H13FeN2O4+. The van der Waals surface area contributed by atoms with Gasteiger partial charge in [0.15, 0.2) is 0 Å². The van der Waals surface area contributed by atoms with Crippen LogP contribution in [0.3, 0.4) is 0 Å². The van der Waals surface area contributed by atoms with Crippen LogP contribution in [0.15, 0.2) is 66.8 Å². The monoisotopic (exact) mass is 353 g/mol. The Balaban J connectivity index is 0.000000377. The Labute approximate surface area is 143 Å². The fourth-order valence-electron chi connectivity index (χ4n) is 1.98. The maximum Gasteiger partial charge on any atom is 2.00 e. The standard InChI is InChI=1S/C11H7N2O4.C5H6.Fe/c14-12(15)9-5-6-10(8-3-1-2-4-8)11(7-9)13(16)17;1-2-4-5-3-1;/h1-7H;1-4H,5H2;/q-1;;+2. The van der Waals surface area contributed by atoms with E-state index in [9.17, 15) is 20.2 Å². The average molecular weight is 353 g/mol. The summed E-state index contributed by atoms with van der Waals surface area (Å²) in [7, 11) is 0. The zero-order valence-electron chi connectivity index (χ0n) is 11.9. The van der Waals surface area contributed by atoms with Gasteiger partial charge in [0, 0.05) is 4.92 Å². The van der Waals surface area contributed by atoms with Crippen molar-refractivity contribution in [2.24, 2.45) is 0 Å². The van der Waals surface area contributed by atoms with Crippen molar-refractivity contribution in [2.45, 2.75) is 6.42 Å². The Morgan fingerprint density at radius 3 is 2.00 bits per heavy atom. The van der Waals surface area contributed by atoms with Crippen molar-refractivity contribution in [3.63, 3.8) is 0 Å². The first-order chi connectivity index (χ1) is 10.6. The van der Waals surface area contributed by atoms with E-state index in [1.807, 2.05) is 0 Å². The van der Waals surface area contributed by atoms with Crippen molar-refractivity contribution < 1.29 is 26.9 Å². The molecule has 0 radical (unpaired) electrons. The Morgan fingerprint density at radius 2 is 1.57 bits per heavy atom. The number of nitro groups is 2. The molecule has 2 aromatic rings. The second kappa shape index (κ2) is 8.73. The number of hydrogen-bond donors (Lipinski definition) is 0. The van der Waals surface area contributed by atoms with Crippen LogP contribution in [0.25, 0.3) is 11.1 Å². The van der Waals surface area contributed by atoms with Crippen LogP contribution >= 0.6 is 0 Å². The van der Waals surface area contributed by atoms with Gasteiger partial charge in [0.25, 0.3) is 5.69 Å². The van der Waals surface area contributed by atoms with Crippen LogP contribution in [0.1, 0.15) is 6.42 Å². The van der Waals surface area contributed by atoms with E-state index in [0.717, 1.165) is 12.5 Å². The molecule has 0 spiro atoms. The van der Waals surface area contributed by atoms with Gasteiger partial charge >= 0.3 is 17.1 Å². The van der Waals surface area contributed by atoms with Crippen molar-refractivity contribution in [2.75, 3.05) is 0 Å². The molecule has 0 saturated carbocycles. The zero-order valence-corrected chi connectivity index (χ0v) is 13.0. The number of rotatable bonds is 3. The van der Waals surface area contributed by atoms with Gasteiger partial charge in [-0.3, -0.25) is 20.2 Å². The normalized spacial score (nSPS) is 11.3. The molecule has 6 nitrogen and oxygen atoms in total. The number of hydrogen-bond acceptors (Lipinski definition) is 4. The average Bonchev–Trinajstić information content (AvgIpc) is 3.22. The number of non-ortho nitro benzene ring substituents is 1. The summed E-state index contributed by atoms with van der Waals surface area (Å²) in [5.41, 5.74) is 0.509. The summed E-state index contributed by atoms with van der Waals surface area (Å²) >= 11 is 0. The maximum absolute atomic E-state index is 10.9. The van der Waals surface area contributed by atoms with E-state index in [1.54, 1.807) is 24.3 Å². The van der Waals surface area contributed by atoms with Gasteiger partial charge in [0.2, 0.25) is 5.69 Å². The van der Waals surface area contributed by atoms with E-state index in [2.05, 4.69) is 24.3 Å². The largest absolute Gasteiger partial charge is 2.00 e. The smallest absolute Gasteiger partial charge is 0.266 e. The molecule has 0 unspecified atom stereocenters. The summed E-state index contributed by atoms with van der Waals surface area (Å²) in [6, 6.07) is 10.6. The topological polar surface area (TPSA) is 86.3 Å². The first-order valence-electron chi connectivity index (χ1n) is 6.56. The predicted octanol–water partition coefficient (Wildman–Crippen LogP) is 4.39. The molecule has 0 aromatic heterocycles. The molecule has 23 heavy (non-hydrogen) atoms. The van der Waals surface area contributed by atoms with E-state index in [0.29, 0.717) is 11.1 Å². The summed E-state index contributed by atoms with van der Waals surface area (Å²) in [4.78, 5) is 20.2. The summed E-state index contributed by atoms with van der Waals surface area (Å²) < 4.78 is 0. The summed E-state index contributed by atoms with van der Waals surface area (Å²) in [5.74, 6) is 0. The molecule has 1 aliphatic rings. The van der Waals surface area contributed by atoms with E-state index >= 15 is 0 Å². The van der Waals surface area contributed by atoms with Crippen molar-refractivity contribution >= 4 is 11.4 Å². The van der Waals surface area contributed by atoms with Crippen LogP contribution in [0, 0.1) is 20.2 Å². The van der Waals surface area contributed by atoms with Gasteiger partial charge in [-0.05, 0) is 18.1 Å². The number of nitrogens with zero attached hydrogens (tertiary/aromatic N) is 2. The Bertz CT molecular complexity index is 727. The molecule has 118 valence electrons. The molecule has 0 aliphatic heterocycles. The van der Waals surface area contributed by atoms with Gasteiger partial charge in [0.1, 0.15) is 0 Å². The van der Waals surface area contributed by atoms with Gasteiger partial charge in [0.05, 0.1) is 11.0 Å². The minimum atomic E-state index is -0.651.